The van der Waals surface area contributed by atoms with Crippen LogP contribution in [0, 0.1) is 0 Å². The molecule has 0 aromatic heterocycles. The van der Waals surface area contributed by atoms with Crippen molar-refractivity contribution in [3.8, 4) is 0 Å². The maximum absolute atomic E-state index is 12.0. The van der Waals surface area contributed by atoms with Crippen molar-refractivity contribution in [2.45, 2.75) is 11.4 Å². The van der Waals surface area contributed by atoms with E-state index in [4.69, 9.17) is 23.0 Å². The van der Waals surface area contributed by atoms with Gasteiger partial charge in [0.1, 0.15) is 0 Å². The normalized spacial score (nSPS) is 12.7. The van der Waals surface area contributed by atoms with Crippen LogP contribution in [0.25, 0.3) is 0 Å². The zero-order chi connectivity index (χ0) is 12.9. The number of hydrogen-bond donors (Lipinski definition) is 2. The molecule has 0 amide bonds. The van der Waals surface area contributed by atoms with Crippen molar-refractivity contribution in [1.29, 1.82) is 0 Å². The third kappa shape index (κ3) is 12.5. The average Bonchev–Trinajstić information content (AvgIpc) is 1.99. The van der Waals surface area contributed by atoms with E-state index >= 15 is 0 Å². The third-order valence-corrected chi connectivity index (χ3v) is 1.81. The molecule has 0 spiro atoms. The van der Waals surface area contributed by atoms with E-state index in [1.54, 1.807) is 0 Å². The molecule has 2 N–H and O–H groups in total. The molecule has 0 aromatic carbocycles. The topological polar surface area (TPSA) is 138 Å². The fraction of sp³-hybridized carbons (Fsp3) is 1.00. The van der Waals surface area contributed by atoms with E-state index in [1.165, 1.54) is 0 Å². The molecular weight excluding hydrogens is 315 g/mol. The summed E-state index contributed by atoms with van der Waals surface area (Å²) in [6, 6.07) is 0. The second-order valence-electron chi connectivity index (χ2n) is 1.89. The molecule has 0 aliphatic carbocycles. The number of rotatable bonds is 3. The Morgan fingerprint density at radius 2 is 1.53 bits per heavy atom. The molecule has 0 rings (SSSR count). The molecule has 0 saturated heterocycles. The number of halogens is 3. The quantitative estimate of drug-likeness (QED) is 0.299. The summed E-state index contributed by atoms with van der Waals surface area (Å²) in [6.45, 7) is -1.67. The van der Waals surface area contributed by atoms with Crippen LogP contribution in [0.1, 0.15) is 0 Å². The van der Waals surface area contributed by atoms with Crippen LogP contribution < -0.4 is 59.1 Å². The average molecular weight is 320 g/mol. The fourth-order valence-electron chi connectivity index (χ4n) is 0.268. The minimum absolute atomic E-state index is 0. The number of alkyl halides is 3. The Hall–Kier alpha value is 1.73. The van der Waals surface area contributed by atoms with Crippen molar-refractivity contribution in [2.75, 3.05) is 6.61 Å². The molecule has 0 aliphatic rings. The summed E-state index contributed by atoms with van der Waals surface area (Å²) in [7, 11) is -5.78. The Kier molecular flexibility index (Phi) is 18.4. The van der Waals surface area contributed by atoms with E-state index in [9.17, 15) is 21.6 Å². The zero-order valence-electron chi connectivity index (χ0n) is 8.67. The summed E-state index contributed by atoms with van der Waals surface area (Å²) < 4.78 is 88.2. The Morgan fingerprint density at radius 1 is 1.29 bits per heavy atom. The van der Waals surface area contributed by atoms with Crippen LogP contribution in [0.15, 0.2) is 0 Å². The monoisotopic (exact) mass is 320 g/mol. The predicted octanol–water partition coefficient (Wildman–Crippen LogP) is -7.20. The van der Waals surface area contributed by atoms with Crippen molar-refractivity contribution in [3.05, 3.63) is 0 Å². The summed E-state index contributed by atoms with van der Waals surface area (Å²) in [5, 5.41) is 2.86. The zero-order valence-corrected chi connectivity index (χ0v) is 14.3. The number of hydrogen-bond acceptors (Lipinski definition) is 6. The van der Waals surface area contributed by atoms with Crippen molar-refractivity contribution >= 4 is 21.5 Å². The maximum Gasteiger partial charge on any atom is 1.00 e. The third-order valence-electron chi connectivity index (χ3n) is 0.869. The van der Waals surface area contributed by atoms with Gasteiger partial charge in [-0.1, -0.05) is 0 Å². The van der Waals surface area contributed by atoms with Gasteiger partial charge in [0.2, 0.25) is 6.17 Å². The standard InChI is InChI=1S/C3H5F3O4S.2Na.H2O3S/c4-2(1-7)3(5,6)11(8,9)10;;;1-4(2)3/h2,7H,1H2,(H,8,9,10);;;(H2,1,2,3)/q;2*+1;/p-2. The smallest absolute Gasteiger partial charge is 0.784 e. The largest absolute Gasteiger partial charge is 1.00 e. The van der Waals surface area contributed by atoms with Crippen LogP contribution in [-0.2, 0) is 21.5 Å². The number of aliphatic hydroxyl groups excluding tert-OH is 1. The van der Waals surface area contributed by atoms with E-state index in [1.807, 2.05) is 0 Å². The van der Waals surface area contributed by atoms with E-state index < -0.39 is 39.5 Å². The van der Waals surface area contributed by atoms with Gasteiger partial charge in [-0.25, -0.2) is 4.39 Å². The van der Waals surface area contributed by atoms with Crippen LogP contribution in [0.4, 0.5) is 13.2 Å². The first-order chi connectivity index (χ1) is 6.46. The van der Waals surface area contributed by atoms with Gasteiger partial charge >= 0.3 is 74.5 Å². The Balaban J connectivity index is -0.000000123. The summed E-state index contributed by atoms with van der Waals surface area (Å²) in [4.78, 5) is 0. The minimum Gasteiger partial charge on any atom is -0.784 e. The second kappa shape index (κ2) is 11.5. The molecule has 17 heavy (non-hydrogen) atoms. The first-order valence-electron chi connectivity index (χ1n) is 2.83. The summed E-state index contributed by atoms with van der Waals surface area (Å²) >= 11 is -3.11. The second-order valence-corrected chi connectivity index (χ2v) is 3.79. The maximum atomic E-state index is 12.0. The van der Waals surface area contributed by atoms with Crippen LogP contribution in [0.2, 0.25) is 0 Å². The molecule has 94 valence electrons. The summed E-state index contributed by atoms with van der Waals surface area (Å²) in [5.74, 6) is 0. The van der Waals surface area contributed by atoms with Gasteiger partial charge in [-0.3, -0.25) is 8.76 Å². The van der Waals surface area contributed by atoms with Gasteiger partial charge in [0.05, 0.1) is 6.61 Å². The molecule has 0 saturated carbocycles. The molecule has 0 bridgehead atoms. The van der Waals surface area contributed by atoms with Crippen LogP contribution in [0.3, 0.4) is 0 Å². The van der Waals surface area contributed by atoms with Crippen molar-refractivity contribution < 1.29 is 104 Å². The molecule has 0 aromatic rings. The van der Waals surface area contributed by atoms with Crippen molar-refractivity contribution in [2.24, 2.45) is 0 Å². The van der Waals surface area contributed by atoms with Gasteiger partial charge in [0.15, 0.2) is 0 Å². The van der Waals surface area contributed by atoms with Crippen molar-refractivity contribution in [1.82, 2.24) is 0 Å². The molecule has 0 fully saturated rings. The van der Waals surface area contributed by atoms with Gasteiger partial charge in [0, 0.05) is 0 Å². The van der Waals surface area contributed by atoms with E-state index in [2.05, 4.69) is 0 Å². The predicted molar refractivity (Wildman–Crippen MR) is 38.2 cm³/mol. The summed E-state index contributed by atoms with van der Waals surface area (Å²) in [6.07, 6.45) is -3.31. The molecule has 1 atom stereocenters. The molecule has 0 aliphatic heterocycles. The minimum atomic E-state index is -5.78. The molecule has 14 heteroatoms. The van der Waals surface area contributed by atoms with Crippen molar-refractivity contribution in [3.63, 3.8) is 0 Å². The van der Waals surface area contributed by atoms with Crippen LogP contribution in [-0.4, -0.2) is 49.4 Å². The fourth-order valence-corrected chi connectivity index (χ4v) is 0.666. The molecular formula is C3H5F3Na2O7S2. The summed E-state index contributed by atoms with van der Waals surface area (Å²) in [5.41, 5.74) is 0. The van der Waals surface area contributed by atoms with E-state index in [0.717, 1.165) is 0 Å². The Bertz CT molecular complexity index is 305. The van der Waals surface area contributed by atoms with Gasteiger partial charge in [-0.05, 0) is 0 Å². The van der Waals surface area contributed by atoms with Gasteiger partial charge in [-0.2, -0.15) is 17.2 Å². The first-order valence-corrected chi connectivity index (χ1v) is 5.27. The molecule has 0 radical (unpaired) electrons. The molecule has 0 heterocycles. The van der Waals surface area contributed by atoms with Crippen LogP contribution >= 0.6 is 0 Å². The van der Waals surface area contributed by atoms with Gasteiger partial charge in [0.25, 0.3) is 0 Å². The number of aliphatic hydroxyl groups is 1. The first kappa shape index (κ1) is 27.1. The molecule has 1 unspecified atom stereocenters. The van der Waals surface area contributed by atoms with Gasteiger partial charge < -0.3 is 14.2 Å². The SMILES string of the molecule is O=S(=O)(O)C(F)(F)C(F)CO.O=S([O-])[O-].[Na+].[Na+]. The Morgan fingerprint density at radius 3 is 1.59 bits per heavy atom. The molecule has 7 nitrogen and oxygen atoms in total. The van der Waals surface area contributed by atoms with Gasteiger partial charge in [-0.15, -0.1) is 11.4 Å². The van der Waals surface area contributed by atoms with Crippen LogP contribution in [0.5, 0.6) is 0 Å². The Labute approximate surface area is 142 Å². The van der Waals surface area contributed by atoms with E-state index in [0.29, 0.717) is 0 Å². The van der Waals surface area contributed by atoms with E-state index in [-0.39, 0.29) is 59.1 Å².